The van der Waals surface area contributed by atoms with Crippen LogP contribution in [0.3, 0.4) is 0 Å². The molecule has 0 aromatic heterocycles. The number of ether oxygens (including phenoxy) is 2. The molecular weight excluding hydrogens is 431 g/mol. The molecule has 0 saturated heterocycles. The largest absolute Gasteiger partial charge is 0.495 e. The number of halogens is 2. The van der Waals surface area contributed by atoms with Gasteiger partial charge in [0.05, 0.1) is 19.3 Å². The second kappa shape index (κ2) is 10.7. The van der Waals surface area contributed by atoms with Gasteiger partial charge in [0.15, 0.2) is 18.2 Å². The van der Waals surface area contributed by atoms with Gasteiger partial charge in [-0.25, -0.2) is 4.39 Å². The number of nitrogens with one attached hydrogen (secondary N) is 1. The van der Waals surface area contributed by atoms with Crippen molar-refractivity contribution < 1.29 is 23.5 Å². The summed E-state index contributed by atoms with van der Waals surface area (Å²) in [5.74, 6) is -0.830. The van der Waals surface area contributed by atoms with Gasteiger partial charge in [0.2, 0.25) is 5.91 Å². The number of carbonyl (C=O) groups excluding carboxylic acids is 2. The van der Waals surface area contributed by atoms with E-state index >= 15 is 0 Å². The average Bonchev–Trinajstić information content (AvgIpc) is 2.67. The molecule has 8 heteroatoms. The number of nitrogens with zero attached hydrogens (tertiary/aromatic N) is 1. The van der Waals surface area contributed by atoms with Crippen molar-refractivity contribution in [3.8, 4) is 11.5 Å². The summed E-state index contributed by atoms with van der Waals surface area (Å²) in [5.41, 5.74) is 0.520. The lowest BCUT2D eigenvalue weighted by Crippen LogP contribution is -2.41. The van der Waals surface area contributed by atoms with E-state index in [9.17, 15) is 14.0 Å². The molecule has 2 amide bonds. The fourth-order valence-electron chi connectivity index (χ4n) is 2.50. The van der Waals surface area contributed by atoms with Gasteiger partial charge in [0.1, 0.15) is 5.75 Å². The highest BCUT2D eigenvalue weighted by Gasteiger charge is 2.18. The number of rotatable bonds is 9. The van der Waals surface area contributed by atoms with Crippen LogP contribution in [0.25, 0.3) is 0 Å². The van der Waals surface area contributed by atoms with Crippen LogP contribution in [0.2, 0.25) is 0 Å². The van der Waals surface area contributed by atoms with Gasteiger partial charge >= 0.3 is 0 Å². The van der Waals surface area contributed by atoms with Gasteiger partial charge in [0, 0.05) is 11.0 Å². The molecule has 0 aliphatic heterocycles. The maximum absolute atomic E-state index is 13.8. The first-order valence-corrected chi connectivity index (χ1v) is 9.52. The zero-order chi connectivity index (χ0) is 20.5. The smallest absolute Gasteiger partial charge is 0.260 e. The van der Waals surface area contributed by atoms with Gasteiger partial charge in [-0.1, -0.05) is 35.0 Å². The van der Waals surface area contributed by atoms with Crippen LogP contribution in [0.4, 0.5) is 10.1 Å². The number of carbonyl (C=O) groups is 2. The van der Waals surface area contributed by atoms with Crippen LogP contribution in [0, 0.1) is 5.82 Å². The normalized spacial score (nSPS) is 10.3. The van der Waals surface area contributed by atoms with Crippen molar-refractivity contribution in [2.75, 3.05) is 32.1 Å². The van der Waals surface area contributed by atoms with E-state index in [0.29, 0.717) is 28.9 Å². The van der Waals surface area contributed by atoms with Crippen molar-refractivity contribution in [2.24, 2.45) is 0 Å². The van der Waals surface area contributed by atoms with E-state index in [1.54, 1.807) is 30.3 Å². The predicted molar refractivity (Wildman–Crippen MR) is 108 cm³/mol. The number of hydrogen-bond acceptors (Lipinski definition) is 4. The fourth-order valence-corrected chi connectivity index (χ4v) is 2.83. The molecule has 2 aromatic rings. The monoisotopic (exact) mass is 452 g/mol. The highest BCUT2D eigenvalue weighted by molar-refractivity contribution is 9.10. The molecule has 0 aliphatic carbocycles. The molecule has 0 bridgehead atoms. The topological polar surface area (TPSA) is 67.9 Å². The zero-order valence-electron chi connectivity index (χ0n) is 15.7. The van der Waals surface area contributed by atoms with Crippen molar-refractivity contribution in [3.63, 3.8) is 0 Å². The molecule has 0 atom stereocenters. The minimum absolute atomic E-state index is 0.0218. The first-order valence-electron chi connectivity index (χ1n) is 8.73. The second-order valence-corrected chi connectivity index (χ2v) is 6.84. The van der Waals surface area contributed by atoms with E-state index in [4.69, 9.17) is 9.47 Å². The van der Waals surface area contributed by atoms with Crippen LogP contribution in [0.15, 0.2) is 46.9 Å². The third-order valence-corrected chi connectivity index (χ3v) is 4.30. The molecule has 0 saturated carbocycles. The highest BCUT2D eigenvalue weighted by atomic mass is 79.9. The van der Waals surface area contributed by atoms with Crippen molar-refractivity contribution in [1.82, 2.24) is 4.90 Å². The lowest BCUT2D eigenvalue weighted by Gasteiger charge is -2.22. The molecule has 28 heavy (non-hydrogen) atoms. The van der Waals surface area contributed by atoms with E-state index in [1.807, 2.05) is 6.92 Å². The van der Waals surface area contributed by atoms with Crippen LogP contribution < -0.4 is 14.8 Å². The highest BCUT2D eigenvalue weighted by Crippen LogP contribution is 2.23. The Hall–Kier alpha value is -2.61. The molecular formula is C20H22BrFN2O4. The Morgan fingerprint density at radius 3 is 2.61 bits per heavy atom. The molecule has 6 nitrogen and oxygen atoms in total. The number of amides is 2. The Balaban J connectivity index is 1.97. The summed E-state index contributed by atoms with van der Waals surface area (Å²) < 4.78 is 24.9. The minimum atomic E-state index is -0.571. The molecule has 2 aromatic carbocycles. The van der Waals surface area contributed by atoms with Crippen LogP contribution >= 0.6 is 15.9 Å². The average molecular weight is 453 g/mol. The Kier molecular flexibility index (Phi) is 8.25. The number of benzene rings is 2. The first kappa shape index (κ1) is 21.7. The predicted octanol–water partition coefficient (Wildman–Crippen LogP) is 3.85. The van der Waals surface area contributed by atoms with Gasteiger partial charge in [-0.15, -0.1) is 0 Å². The third kappa shape index (κ3) is 6.23. The summed E-state index contributed by atoms with van der Waals surface area (Å²) in [4.78, 5) is 26.2. The summed E-state index contributed by atoms with van der Waals surface area (Å²) in [6.07, 6.45) is 0.667. The van der Waals surface area contributed by atoms with Crippen LogP contribution in [0.1, 0.15) is 13.3 Å². The van der Waals surface area contributed by atoms with Crippen molar-refractivity contribution in [1.29, 1.82) is 0 Å². The van der Waals surface area contributed by atoms with Crippen molar-refractivity contribution in [3.05, 3.63) is 52.8 Å². The third-order valence-electron chi connectivity index (χ3n) is 3.81. The number of hydrogen-bond donors (Lipinski definition) is 1. The van der Waals surface area contributed by atoms with E-state index in [0.717, 1.165) is 0 Å². The summed E-state index contributed by atoms with van der Waals surface area (Å²) in [6.45, 7) is 1.77. The summed E-state index contributed by atoms with van der Waals surface area (Å²) >= 11 is 3.16. The molecule has 0 unspecified atom stereocenters. The molecule has 0 fully saturated rings. The van der Waals surface area contributed by atoms with Gasteiger partial charge in [0.25, 0.3) is 5.91 Å². The lowest BCUT2D eigenvalue weighted by molar-refractivity contribution is -0.136. The Morgan fingerprint density at radius 1 is 1.18 bits per heavy atom. The van der Waals surface area contributed by atoms with E-state index in [-0.39, 0.29) is 24.8 Å². The maximum atomic E-state index is 13.8. The molecule has 0 spiro atoms. The van der Waals surface area contributed by atoms with Crippen LogP contribution in [0.5, 0.6) is 11.5 Å². The van der Waals surface area contributed by atoms with Crippen LogP contribution in [-0.2, 0) is 9.59 Å². The Morgan fingerprint density at radius 2 is 1.93 bits per heavy atom. The molecule has 1 N–H and O–H groups in total. The second-order valence-electron chi connectivity index (χ2n) is 5.93. The molecule has 0 heterocycles. The van der Waals surface area contributed by atoms with Crippen molar-refractivity contribution >= 4 is 33.4 Å². The van der Waals surface area contributed by atoms with Crippen molar-refractivity contribution in [2.45, 2.75) is 13.3 Å². The Bertz CT molecular complexity index is 832. The summed E-state index contributed by atoms with van der Waals surface area (Å²) in [7, 11) is 1.51. The first-order chi connectivity index (χ1) is 13.4. The van der Waals surface area contributed by atoms with E-state index < -0.39 is 11.7 Å². The number of methoxy groups -OCH3 is 1. The Labute approximate surface area is 171 Å². The van der Waals surface area contributed by atoms with Gasteiger partial charge in [-0.3, -0.25) is 9.59 Å². The molecule has 150 valence electrons. The SMILES string of the molecule is CCCN(CC(=O)Nc1ccccc1OC)C(=O)COc1ccc(Br)cc1F. The summed E-state index contributed by atoms with van der Waals surface area (Å²) in [5, 5.41) is 2.73. The van der Waals surface area contributed by atoms with Gasteiger partial charge in [-0.05, 0) is 36.8 Å². The lowest BCUT2D eigenvalue weighted by atomic mass is 10.3. The quantitative estimate of drug-likeness (QED) is 0.627. The van der Waals surface area contributed by atoms with E-state index in [2.05, 4.69) is 21.2 Å². The minimum Gasteiger partial charge on any atom is -0.495 e. The molecule has 0 radical (unpaired) electrons. The van der Waals surface area contributed by atoms with Crippen LogP contribution in [-0.4, -0.2) is 43.5 Å². The fraction of sp³-hybridized carbons (Fsp3) is 0.300. The van der Waals surface area contributed by atoms with Gasteiger partial charge in [-0.2, -0.15) is 0 Å². The number of para-hydroxylation sites is 2. The summed E-state index contributed by atoms with van der Waals surface area (Å²) in [6, 6.07) is 11.3. The molecule has 0 aliphatic rings. The standard InChI is InChI=1S/C20H22BrFN2O4/c1-3-10-24(12-19(25)23-16-6-4-5-7-18(16)27-2)20(26)13-28-17-9-8-14(21)11-15(17)22/h4-9,11H,3,10,12-13H2,1-2H3,(H,23,25). The van der Waals surface area contributed by atoms with E-state index in [1.165, 1.54) is 24.1 Å². The zero-order valence-corrected chi connectivity index (χ0v) is 17.3. The maximum Gasteiger partial charge on any atom is 0.260 e. The number of anilines is 1. The molecule has 2 rings (SSSR count). The van der Waals surface area contributed by atoms with Gasteiger partial charge < -0.3 is 19.7 Å².